The van der Waals surface area contributed by atoms with Crippen molar-refractivity contribution in [3.05, 3.63) is 36.2 Å². The highest BCUT2D eigenvalue weighted by molar-refractivity contribution is 5.82. The number of carbonyl (C=O) groups excluding carboxylic acids is 1. The van der Waals surface area contributed by atoms with Gasteiger partial charge in [0.05, 0.1) is 17.7 Å². The Labute approximate surface area is 144 Å². The maximum atomic E-state index is 12.4. The van der Waals surface area contributed by atoms with Gasteiger partial charge < -0.3 is 20.8 Å². The summed E-state index contributed by atoms with van der Waals surface area (Å²) in [6, 6.07) is 4.97. The molecule has 0 unspecified atom stereocenters. The minimum absolute atomic E-state index is 0.0864. The third-order valence-electron chi connectivity index (χ3n) is 4.71. The summed E-state index contributed by atoms with van der Waals surface area (Å²) in [5.41, 5.74) is 7.85. The van der Waals surface area contributed by atoms with Crippen molar-refractivity contribution in [3.8, 4) is 0 Å². The fourth-order valence-electron chi connectivity index (χ4n) is 3.34. The Bertz CT molecular complexity index is 775. The van der Waals surface area contributed by atoms with E-state index in [1.807, 2.05) is 24.4 Å². The van der Waals surface area contributed by atoms with Crippen molar-refractivity contribution in [2.75, 3.05) is 13.1 Å². The van der Waals surface area contributed by atoms with E-state index in [1.54, 1.807) is 15.6 Å². The molecule has 134 valence electrons. The molecule has 0 aliphatic carbocycles. The highest BCUT2D eigenvalue weighted by Gasteiger charge is 2.36. The quantitative estimate of drug-likeness (QED) is 0.671. The molecule has 3 heterocycles. The third-order valence-corrected chi connectivity index (χ3v) is 4.71. The first-order chi connectivity index (χ1) is 12.0. The second kappa shape index (κ2) is 7.20. The third kappa shape index (κ3) is 3.80. The van der Waals surface area contributed by atoms with Gasteiger partial charge in [-0.1, -0.05) is 6.07 Å². The van der Waals surface area contributed by atoms with Crippen LogP contribution in [0.1, 0.15) is 18.4 Å². The van der Waals surface area contributed by atoms with Crippen LogP contribution in [0.5, 0.6) is 0 Å². The minimum Gasteiger partial charge on any atom is -0.481 e. The maximum absolute atomic E-state index is 12.4. The van der Waals surface area contributed by atoms with Crippen molar-refractivity contribution in [1.29, 1.82) is 0 Å². The van der Waals surface area contributed by atoms with E-state index in [0.717, 1.165) is 11.1 Å². The Morgan fingerprint density at radius 2 is 2.16 bits per heavy atom. The second-order valence-electron chi connectivity index (χ2n) is 6.51. The highest BCUT2D eigenvalue weighted by Crippen LogP contribution is 2.24. The molecule has 0 radical (unpaired) electrons. The van der Waals surface area contributed by atoms with Gasteiger partial charge in [0.15, 0.2) is 0 Å². The van der Waals surface area contributed by atoms with E-state index < -0.39 is 18.1 Å². The number of hydrogen-bond donors (Lipinski definition) is 3. The predicted octanol–water partition coefficient (Wildman–Crippen LogP) is -0.112. The van der Waals surface area contributed by atoms with Crippen molar-refractivity contribution in [2.24, 2.45) is 11.7 Å². The average molecular weight is 346 g/mol. The first-order valence-electron chi connectivity index (χ1n) is 8.31. The number of aliphatic hydroxyl groups excluding tert-OH is 1. The molecule has 0 aromatic carbocycles. The van der Waals surface area contributed by atoms with Gasteiger partial charge in [-0.05, 0) is 30.5 Å². The number of β-amino-alcohol motifs (C(OH)–C–C–N with tert-alkyl or cyclic N) is 1. The number of nitrogens with zero attached hydrogens (tertiary/aromatic N) is 3. The van der Waals surface area contributed by atoms with Crippen molar-refractivity contribution >= 4 is 17.4 Å². The smallest absolute Gasteiger partial charge is 0.303 e. The lowest BCUT2D eigenvalue weighted by Crippen LogP contribution is -2.43. The highest BCUT2D eigenvalue weighted by atomic mass is 16.4. The molecule has 3 atom stereocenters. The first-order valence-corrected chi connectivity index (χ1v) is 8.31. The van der Waals surface area contributed by atoms with Crippen molar-refractivity contribution in [1.82, 2.24) is 14.5 Å². The fourth-order valence-corrected chi connectivity index (χ4v) is 3.34. The van der Waals surface area contributed by atoms with Crippen LogP contribution >= 0.6 is 0 Å². The normalized spacial score (nSPS) is 21.6. The van der Waals surface area contributed by atoms with Crippen LogP contribution in [-0.4, -0.2) is 61.8 Å². The molecule has 0 bridgehead atoms. The number of carboxylic acid groups (broad SMARTS) is 1. The van der Waals surface area contributed by atoms with Gasteiger partial charge in [-0.25, -0.2) is 4.52 Å². The first kappa shape index (κ1) is 17.4. The van der Waals surface area contributed by atoms with Crippen LogP contribution in [-0.2, 0) is 16.0 Å². The van der Waals surface area contributed by atoms with Crippen LogP contribution in [0.3, 0.4) is 0 Å². The standard InChI is InChI=1S/C17H22N4O4/c18-13(3-4-16(23)24)17(25)20-9-12(15(22)10-20)8-11-2-1-7-21-14(11)5-6-19-21/h1-2,5-7,12-13,15,22H,3-4,8-10,18H2,(H,23,24)/t12-,13-,15+/m0/s1. The van der Waals surface area contributed by atoms with Crippen LogP contribution in [0.2, 0.25) is 0 Å². The summed E-state index contributed by atoms with van der Waals surface area (Å²) in [5.74, 6) is -1.36. The summed E-state index contributed by atoms with van der Waals surface area (Å²) in [4.78, 5) is 24.5. The molecule has 2 aromatic heterocycles. The second-order valence-corrected chi connectivity index (χ2v) is 6.51. The van der Waals surface area contributed by atoms with Crippen molar-refractivity contribution < 1.29 is 19.8 Å². The lowest BCUT2D eigenvalue weighted by molar-refractivity contribution is -0.137. The number of fused-ring (bicyclic) bond motifs is 1. The van der Waals surface area contributed by atoms with Crippen molar-refractivity contribution in [3.63, 3.8) is 0 Å². The molecular weight excluding hydrogens is 324 g/mol. The summed E-state index contributed by atoms with van der Waals surface area (Å²) in [5, 5.41) is 23.2. The zero-order valence-electron chi connectivity index (χ0n) is 13.8. The number of amides is 1. The van der Waals surface area contributed by atoms with Gasteiger partial charge in [0.2, 0.25) is 5.91 Å². The molecule has 8 nitrogen and oxygen atoms in total. The number of likely N-dealkylation sites (tertiary alicyclic amines) is 1. The molecule has 25 heavy (non-hydrogen) atoms. The van der Waals surface area contributed by atoms with Crippen LogP contribution < -0.4 is 5.73 Å². The molecule has 1 aliphatic heterocycles. The van der Waals surface area contributed by atoms with E-state index >= 15 is 0 Å². The number of aliphatic hydroxyl groups is 1. The zero-order valence-corrected chi connectivity index (χ0v) is 13.8. The number of rotatable bonds is 6. The summed E-state index contributed by atoms with van der Waals surface area (Å²) in [7, 11) is 0. The topological polar surface area (TPSA) is 121 Å². The van der Waals surface area contributed by atoms with Gasteiger partial charge in [-0.3, -0.25) is 9.59 Å². The molecule has 0 spiro atoms. The van der Waals surface area contributed by atoms with Gasteiger partial charge in [0.25, 0.3) is 0 Å². The summed E-state index contributed by atoms with van der Waals surface area (Å²) >= 11 is 0. The van der Waals surface area contributed by atoms with Crippen LogP contribution in [0, 0.1) is 5.92 Å². The van der Waals surface area contributed by atoms with Gasteiger partial charge in [-0.2, -0.15) is 5.10 Å². The van der Waals surface area contributed by atoms with Gasteiger partial charge >= 0.3 is 5.97 Å². The Morgan fingerprint density at radius 1 is 1.36 bits per heavy atom. The SMILES string of the molecule is N[C@@H](CCC(=O)O)C(=O)N1C[C@H](Cc2cccn3nccc23)[C@H](O)C1. The zero-order chi connectivity index (χ0) is 18.0. The molecule has 1 saturated heterocycles. The molecule has 0 saturated carbocycles. The van der Waals surface area contributed by atoms with E-state index in [0.29, 0.717) is 13.0 Å². The lowest BCUT2D eigenvalue weighted by atomic mass is 9.96. The van der Waals surface area contributed by atoms with Crippen LogP contribution in [0.4, 0.5) is 0 Å². The Balaban J connectivity index is 1.64. The van der Waals surface area contributed by atoms with Crippen LogP contribution in [0.15, 0.2) is 30.6 Å². The molecular formula is C17H22N4O4. The number of aromatic nitrogens is 2. The number of carbonyl (C=O) groups is 2. The lowest BCUT2D eigenvalue weighted by Gasteiger charge is -2.20. The number of aliphatic carboxylic acids is 1. The number of carboxylic acids is 1. The fraction of sp³-hybridized carbons (Fsp3) is 0.471. The molecule has 1 fully saturated rings. The molecule has 2 aromatic rings. The Morgan fingerprint density at radius 3 is 2.92 bits per heavy atom. The van der Waals surface area contributed by atoms with E-state index in [-0.39, 0.29) is 31.2 Å². The Kier molecular flexibility index (Phi) is 5.00. The van der Waals surface area contributed by atoms with Crippen LogP contribution in [0.25, 0.3) is 5.52 Å². The molecule has 1 aliphatic rings. The number of nitrogens with two attached hydrogens (primary N) is 1. The summed E-state index contributed by atoms with van der Waals surface area (Å²) in [6.45, 7) is 0.641. The molecule has 4 N–H and O–H groups in total. The minimum atomic E-state index is -0.975. The van der Waals surface area contributed by atoms with E-state index in [2.05, 4.69) is 5.10 Å². The van der Waals surface area contributed by atoms with Crippen molar-refractivity contribution in [2.45, 2.75) is 31.4 Å². The molecule has 8 heteroatoms. The average Bonchev–Trinajstić information content (AvgIpc) is 3.19. The largest absolute Gasteiger partial charge is 0.481 e. The van der Waals surface area contributed by atoms with Gasteiger partial charge in [0, 0.05) is 37.8 Å². The Hall–Kier alpha value is -2.45. The van der Waals surface area contributed by atoms with Gasteiger partial charge in [0.1, 0.15) is 0 Å². The number of pyridine rings is 1. The van der Waals surface area contributed by atoms with Gasteiger partial charge in [-0.15, -0.1) is 0 Å². The predicted molar refractivity (Wildman–Crippen MR) is 89.8 cm³/mol. The molecule has 3 rings (SSSR count). The van der Waals surface area contributed by atoms with E-state index in [9.17, 15) is 14.7 Å². The summed E-state index contributed by atoms with van der Waals surface area (Å²) < 4.78 is 1.78. The van der Waals surface area contributed by atoms with E-state index in [4.69, 9.17) is 10.8 Å². The molecule has 1 amide bonds. The maximum Gasteiger partial charge on any atom is 0.303 e. The summed E-state index contributed by atoms with van der Waals surface area (Å²) in [6.07, 6.45) is 3.54. The number of hydrogen-bond acceptors (Lipinski definition) is 5. The van der Waals surface area contributed by atoms with E-state index in [1.165, 1.54) is 0 Å². The monoisotopic (exact) mass is 346 g/mol.